The molecule has 1 aliphatic carbocycles. The van der Waals surface area contributed by atoms with E-state index in [9.17, 15) is 17.6 Å². The van der Waals surface area contributed by atoms with Gasteiger partial charge in [-0.25, -0.2) is 4.39 Å². The highest BCUT2D eigenvalue weighted by atomic mass is 19.4. The molecule has 0 saturated heterocycles. The fourth-order valence-corrected chi connectivity index (χ4v) is 2.40. The highest BCUT2D eigenvalue weighted by Crippen LogP contribution is 2.47. The molecule has 2 rings (SSSR count). The Labute approximate surface area is 103 Å². The molecular formula is C13H15F4N. The van der Waals surface area contributed by atoms with Gasteiger partial charge >= 0.3 is 6.18 Å². The summed E-state index contributed by atoms with van der Waals surface area (Å²) >= 11 is 0. The predicted molar refractivity (Wildman–Crippen MR) is 60.5 cm³/mol. The van der Waals surface area contributed by atoms with Crippen molar-refractivity contribution < 1.29 is 17.6 Å². The number of rotatable bonds is 3. The van der Waals surface area contributed by atoms with Crippen LogP contribution in [0.4, 0.5) is 17.6 Å². The first-order valence-electron chi connectivity index (χ1n) is 5.88. The van der Waals surface area contributed by atoms with E-state index in [4.69, 9.17) is 0 Å². The van der Waals surface area contributed by atoms with Crippen LogP contribution in [0.15, 0.2) is 18.2 Å². The van der Waals surface area contributed by atoms with Gasteiger partial charge in [0.2, 0.25) is 0 Å². The topological polar surface area (TPSA) is 12.0 Å². The van der Waals surface area contributed by atoms with Gasteiger partial charge in [-0.2, -0.15) is 13.2 Å². The Hall–Kier alpha value is -1.10. The van der Waals surface area contributed by atoms with Gasteiger partial charge in [0, 0.05) is 6.04 Å². The summed E-state index contributed by atoms with van der Waals surface area (Å²) in [5, 5.41) is 3.02. The molecule has 1 aromatic carbocycles. The smallest absolute Gasteiger partial charge is 0.313 e. The van der Waals surface area contributed by atoms with Crippen LogP contribution in [0.25, 0.3) is 0 Å². The summed E-state index contributed by atoms with van der Waals surface area (Å²) in [4.78, 5) is 0. The van der Waals surface area contributed by atoms with Gasteiger partial charge in [0.1, 0.15) is 5.82 Å². The standard InChI is InChI=1S/C13H15F4N/c1-7-5-9(7)12(18-2)8-3-4-11(14)10(6-8)13(15,16)17/h3-4,6-7,9,12,18H,5H2,1-2H3. The van der Waals surface area contributed by atoms with Crippen LogP contribution in [0.5, 0.6) is 0 Å². The monoisotopic (exact) mass is 261 g/mol. The zero-order chi connectivity index (χ0) is 13.5. The normalized spacial score (nSPS) is 25.0. The number of alkyl halides is 3. The molecule has 3 atom stereocenters. The maximum Gasteiger partial charge on any atom is 0.419 e. The first kappa shape index (κ1) is 13.3. The predicted octanol–water partition coefficient (Wildman–Crippen LogP) is 3.76. The van der Waals surface area contributed by atoms with Crippen molar-refractivity contribution in [3.05, 3.63) is 35.1 Å². The molecule has 3 unspecified atom stereocenters. The molecule has 1 aromatic rings. The molecular weight excluding hydrogens is 246 g/mol. The summed E-state index contributed by atoms with van der Waals surface area (Å²) in [6.07, 6.45) is -3.65. The van der Waals surface area contributed by atoms with Crippen LogP contribution >= 0.6 is 0 Å². The Kier molecular flexibility index (Phi) is 3.36. The lowest BCUT2D eigenvalue weighted by molar-refractivity contribution is -0.140. The minimum atomic E-state index is -4.65. The highest BCUT2D eigenvalue weighted by molar-refractivity contribution is 5.30. The van der Waals surface area contributed by atoms with Crippen LogP contribution in [-0.4, -0.2) is 7.05 Å². The lowest BCUT2D eigenvalue weighted by Gasteiger charge is -2.18. The lowest BCUT2D eigenvalue weighted by Crippen LogP contribution is -2.20. The fraction of sp³-hybridized carbons (Fsp3) is 0.538. The van der Waals surface area contributed by atoms with Crippen molar-refractivity contribution in [1.82, 2.24) is 5.32 Å². The van der Waals surface area contributed by atoms with Crippen molar-refractivity contribution in [3.63, 3.8) is 0 Å². The average Bonchev–Trinajstić information content (AvgIpc) is 2.97. The molecule has 0 aromatic heterocycles. The molecule has 1 saturated carbocycles. The molecule has 1 nitrogen and oxygen atoms in total. The first-order valence-corrected chi connectivity index (χ1v) is 5.88. The maximum atomic E-state index is 13.2. The number of halogens is 4. The number of nitrogens with one attached hydrogen (secondary N) is 1. The molecule has 1 fully saturated rings. The van der Waals surface area contributed by atoms with E-state index in [0.29, 0.717) is 17.4 Å². The number of benzene rings is 1. The van der Waals surface area contributed by atoms with Gasteiger partial charge in [-0.3, -0.25) is 0 Å². The van der Waals surface area contributed by atoms with Crippen LogP contribution in [0, 0.1) is 17.7 Å². The van der Waals surface area contributed by atoms with Crippen LogP contribution in [0.2, 0.25) is 0 Å². The quantitative estimate of drug-likeness (QED) is 0.817. The second kappa shape index (κ2) is 4.53. The van der Waals surface area contributed by atoms with E-state index >= 15 is 0 Å². The molecule has 0 spiro atoms. The molecule has 5 heteroatoms. The van der Waals surface area contributed by atoms with Crippen LogP contribution in [-0.2, 0) is 6.18 Å². The number of hydrogen-bond acceptors (Lipinski definition) is 1. The second-order valence-electron chi connectivity index (χ2n) is 4.88. The lowest BCUT2D eigenvalue weighted by atomic mass is 9.99. The van der Waals surface area contributed by atoms with E-state index in [-0.39, 0.29) is 6.04 Å². The van der Waals surface area contributed by atoms with Crippen molar-refractivity contribution >= 4 is 0 Å². The third-order valence-corrected chi connectivity index (χ3v) is 3.57. The van der Waals surface area contributed by atoms with Crippen molar-refractivity contribution in [2.45, 2.75) is 25.6 Å². The fourth-order valence-electron chi connectivity index (χ4n) is 2.40. The van der Waals surface area contributed by atoms with E-state index in [2.05, 4.69) is 12.2 Å². The minimum Gasteiger partial charge on any atom is -0.313 e. The average molecular weight is 261 g/mol. The van der Waals surface area contributed by atoms with E-state index in [1.165, 1.54) is 6.07 Å². The Bertz CT molecular complexity index is 441. The van der Waals surface area contributed by atoms with Gasteiger partial charge < -0.3 is 5.32 Å². The summed E-state index contributed by atoms with van der Waals surface area (Å²) in [5.74, 6) is -0.381. The molecule has 100 valence electrons. The Morgan fingerprint density at radius 1 is 1.33 bits per heavy atom. The SMILES string of the molecule is CNC(c1ccc(F)c(C(F)(F)F)c1)C1CC1C. The molecule has 1 aliphatic rings. The third kappa shape index (κ3) is 2.51. The minimum absolute atomic E-state index is 0.137. The van der Waals surface area contributed by atoms with Gasteiger partial charge in [-0.05, 0) is 43.0 Å². The summed E-state index contributed by atoms with van der Waals surface area (Å²) in [6.45, 7) is 2.06. The van der Waals surface area contributed by atoms with Crippen molar-refractivity contribution in [2.75, 3.05) is 7.05 Å². The molecule has 0 heterocycles. The molecule has 1 N–H and O–H groups in total. The van der Waals surface area contributed by atoms with Gasteiger partial charge in [0.05, 0.1) is 5.56 Å². The Balaban J connectivity index is 2.34. The Morgan fingerprint density at radius 3 is 2.39 bits per heavy atom. The van der Waals surface area contributed by atoms with Gasteiger partial charge in [0.25, 0.3) is 0 Å². The number of hydrogen-bond donors (Lipinski definition) is 1. The van der Waals surface area contributed by atoms with Gasteiger partial charge in [0.15, 0.2) is 0 Å². The van der Waals surface area contributed by atoms with E-state index < -0.39 is 17.6 Å². The molecule has 18 heavy (non-hydrogen) atoms. The molecule has 0 aliphatic heterocycles. The van der Waals surface area contributed by atoms with Crippen molar-refractivity contribution in [3.8, 4) is 0 Å². The third-order valence-electron chi connectivity index (χ3n) is 3.57. The summed E-state index contributed by atoms with van der Waals surface area (Å²) in [5.41, 5.74) is -0.686. The van der Waals surface area contributed by atoms with Crippen molar-refractivity contribution in [1.29, 1.82) is 0 Å². The second-order valence-corrected chi connectivity index (χ2v) is 4.88. The zero-order valence-corrected chi connectivity index (χ0v) is 10.2. The first-order chi connectivity index (χ1) is 8.34. The largest absolute Gasteiger partial charge is 0.419 e. The molecule has 0 bridgehead atoms. The molecule has 0 amide bonds. The molecule has 0 radical (unpaired) electrons. The highest BCUT2D eigenvalue weighted by Gasteiger charge is 2.41. The van der Waals surface area contributed by atoms with Crippen LogP contribution < -0.4 is 5.32 Å². The van der Waals surface area contributed by atoms with Gasteiger partial charge in [-0.1, -0.05) is 13.0 Å². The van der Waals surface area contributed by atoms with Crippen LogP contribution in [0.1, 0.15) is 30.5 Å². The zero-order valence-electron chi connectivity index (χ0n) is 10.2. The summed E-state index contributed by atoms with van der Waals surface area (Å²) < 4.78 is 51.1. The van der Waals surface area contributed by atoms with E-state index in [1.54, 1.807) is 7.05 Å². The van der Waals surface area contributed by atoms with E-state index in [1.807, 2.05) is 0 Å². The summed E-state index contributed by atoms with van der Waals surface area (Å²) in [6, 6.07) is 3.11. The summed E-state index contributed by atoms with van der Waals surface area (Å²) in [7, 11) is 1.71. The van der Waals surface area contributed by atoms with E-state index in [0.717, 1.165) is 18.6 Å². The maximum absolute atomic E-state index is 13.2. The Morgan fingerprint density at radius 2 is 1.94 bits per heavy atom. The van der Waals surface area contributed by atoms with Crippen molar-refractivity contribution in [2.24, 2.45) is 11.8 Å². The van der Waals surface area contributed by atoms with Crippen LogP contribution in [0.3, 0.4) is 0 Å². The van der Waals surface area contributed by atoms with Gasteiger partial charge in [-0.15, -0.1) is 0 Å².